The van der Waals surface area contributed by atoms with Gasteiger partial charge >= 0.3 is 0 Å². The van der Waals surface area contributed by atoms with Crippen molar-refractivity contribution in [2.45, 2.75) is 32.4 Å². The van der Waals surface area contributed by atoms with Crippen molar-refractivity contribution in [2.24, 2.45) is 5.73 Å². The predicted molar refractivity (Wildman–Crippen MR) is 52.5 cm³/mol. The fraction of sp³-hybridized carbons (Fsp3) is 0.778. The Morgan fingerprint density at radius 1 is 1.57 bits per heavy atom. The van der Waals surface area contributed by atoms with Crippen LogP contribution in [0.3, 0.4) is 0 Å². The van der Waals surface area contributed by atoms with E-state index in [1.54, 1.807) is 18.7 Å². The summed E-state index contributed by atoms with van der Waals surface area (Å²) in [6.07, 6.45) is 0. The van der Waals surface area contributed by atoms with Gasteiger partial charge in [0.15, 0.2) is 0 Å². The molecule has 0 aliphatic carbocycles. The molecule has 5 heteroatoms. The van der Waals surface area contributed by atoms with Crippen molar-refractivity contribution in [3.63, 3.8) is 0 Å². The summed E-state index contributed by atoms with van der Waals surface area (Å²) in [6.45, 7) is 6.22. The summed E-state index contributed by atoms with van der Waals surface area (Å²) in [7, 11) is 0. The quantitative estimate of drug-likeness (QED) is 0.563. The molecular formula is C9H17N3O2. The standard InChI is InChI=1S/C9H17N3O2/c1-6(10)4-12-5-7(13)11-8(14)9(12,2)3/h6H,4-5,10H2,1-3H3,(H,11,13,14). The maximum Gasteiger partial charge on any atom is 0.246 e. The lowest BCUT2D eigenvalue weighted by Gasteiger charge is -2.40. The maximum absolute atomic E-state index is 11.5. The van der Waals surface area contributed by atoms with E-state index in [1.807, 2.05) is 6.92 Å². The number of carbonyl (C=O) groups is 2. The first kappa shape index (κ1) is 11.1. The molecule has 1 atom stereocenters. The fourth-order valence-corrected chi connectivity index (χ4v) is 1.47. The number of nitrogens with two attached hydrogens (primary N) is 1. The van der Waals surface area contributed by atoms with E-state index in [-0.39, 0.29) is 24.4 Å². The molecule has 0 aromatic heterocycles. The van der Waals surface area contributed by atoms with Crippen LogP contribution in [-0.2, 0) is 9.59 Å². The van der Waals surface area contributed by atoms with Crippen LogP contribution >= 0.6 is 0 Å². The Labute approximate surface area is 83.6 Å². The van der Waals surface area contributed by atoms with Crippen molar-refractivity contribution in [3.05, 3.63) is 0 Å². The van der Waals surface area contributed by atoms with Crippen LogP contribution in [0.2, 0.25) is 0 Å². The summed E-state index contributed by atoms with van der Waals surface area (Å²) in [5.41, 5.74) is 5.00. The first-order chi connectivity index (χ1) is 6.34. The minimum absolute atomic E-state index is 0.0482. The molecule has 5 nitrogen and oxygen atoms in total. The van der Waals surface area contributed by atoms with Crippen LogP contribution < -0.4 is 11.1 Å². The van der Waals surface area contributed by atoms with Crippen LogP contribution in [0.5, 0.6) is 0 Å². The van der Waals surface area contributed by atoms with Crippen LogP contribution in [0, 0.1) is 0 Å². The van der Waals surface area contributed by atoms with Gasteiger partial charge in [0.25, 0.3) is 0 Å². The zero-order valence-electron chi connectivity index (χ0n) is 8.83. The van der Waals surface area contributed by atoms with E-state index in [4.69, 9.17) is 5.73 Å². The number of hydrogen-bond donors (Lipinski definition) is 2. The Kier molecular flexibility index (Phi) is 2.92. The van der Waals surface area contributed by atoms with Crippen LogP contribution in [0.4, 0.5) is 0 Å². The summed E-state index contributed by atoms with van der Waals surface area (Å²) in [6, 6.07) is -0.0482. The van der Waals surface area contributed by atoms with Crippen molar-refractivity contribution >= 4 is 11.8 Å². The lowest BCUT2D eigenvalue weighted by molar-refractivity contribution is -0.145. The Morgan fingerprint density at radius 2 is 2.14 bits per heavy atom. The van der Waals surface area contributed by atoms with E-state index in [0.717, 1.165) is 0 Å². The Hall–Kier alpha value is -0.940. The molecule has 2 amide bonds. The second-order valence-corrected chi connectivity index (χ2v) is 4.29. The van der Waals surface area contributed by atoms with Gasteiger partial charge in [0.2, 0.25) is 11.8 Å². The number of amides is 2. The second-order valence-electron chi connectivity index (χ2n) is 4.29. The van der Waals surface area contributed by atoms with Crippen LogP contribution in [0.1, 0.15) is 20.8 Å². The molecule has 3 N–H and O–H groups in total. The van der Waals surface area contributed by atoms with E-state index in [2.05, 4.69) is 5.32 Å². The van der Waals surface area contributed by atoms with E-state index in [0.29, 0.717) is 6.54 Å². The van der Waals surface area contributed by atoms with E-state index in [9.17, 15) is 9.59 Å². The van der Waals surface area contributed by atoms with Gasteiger partial charge < -0.3 is 5.73 Å². The number of imide groups is 1. The molecule has 0 spiro atoms. The highest BCUT2D eigenvalue weighted by atomic mass is 16.2. The normalized spacial score (nSPS) is 24.6. The SMILES string of the molecule is CC(N)CN1CC(=O)NC(=O)C1(C)C. The molecule has 0 radical (unpaired) electrons. The van der Waals surface area contributed by atoms with Gasteiger partial charge in [-0.2, -0.15) is 0 Å². The zero-order valence-corrected chi connectivity index (χ0v) is 8.83. The number of hydrogen-bond acceptors (Lipinski definition) is 4. The number of carbonyl (C=O) groups excluding carboxylic acids is 2. The molecule has 1 heterocycles. The number of nitrogens with zero attached hydrogens (tertiary/aromatic N) is 1. The van der Waals surface area contributed by atoms with Crippen LogP contribution in [0.25, 0.3) is 0 Å². The third-order valence-corrected chi connectivity index (χ3v) is 2.44. The molecule has 0 saturated carbocycles. The molecular weight excluding hydrogens is 182 g/mol. The molecule has 1 aliphatic rings. The second kappa shape index (κ2) is 3.67. The Bertz CT molecular complexity index is 261. The number of nitrogens with one attached hydrogen (secondary N) is 1. The van der Waals surface area contributed by atoms with Crippen molar-refractivity contribution in [2.75, 3.05) is 13.1 Å². The van der Waals surface area contributed by atoms with Gasteiger partial charge in [-0.25, -0.2) is 0 Å². The highest BCUT2D eigenvalue weighted by Gasteiger charge is 2.40. The van der Waals surface area contributed by atoms with Crippen molar-refractivity contribution in [1.29, 1.82) is 0 Å². The third kappa shape index (κ3) is 2.10. The van der Waals surface area contributed by atoms with Crippen LogP contribution in [0.15, 0.2) is 0 Å². The monoisotopic (exact) mass is 199 g/mol. The molecule has 1 rings (SSSR count). The lowest BCUT2D eigenvalue weighted by atomic mass is 9.98. The Morgan fingerprint density at radius 3 is 2.64 bits per heavy atom. The van der Waals surface area contributed by atoms with Gasteiger partial charge in [0.05, 0.1) is 12.1 Å². The topological polar surface area (TPSA) is 75.4 Å². The molecule has 0 aromatic rings. The average Bonchev–Trinajstić information content (AvgIpc) is 1.99. The largest absolute Gasteiger partial charge is 0.327 e. The molecule has 0 bridgehead atoms. The highest BCUT2D eigenvalue weighted by molar-refractivity contribution is 6.02. The molecule has 1 saturated heterocycles. The number of rotatable bonds is 2. The summed E-state index contributed by atoms with van der Waals surface area (Å²) < 4.78 is 0. The van der Waals surface area contributed by atoms with Gasteiger partial charge in [-0.3, -0.25) is 19.8 Å². The fourth-order valence-electron chi connectivity index (χ4n) is 1.47. The van der Waals surface area contributed by atoms with Crippen LogP contribution in [-0.4, -0.2) is 41.4 Å². The van der Waals surface area contributed by atoms with E-state index >= 15 is 0 Å². The third-order valence-electron chi connectivity index (χ3n) is 2.44. The average molecular weight is 199 g/mol. The molecule has 80 valence electrons. The van der Waals surface area contributed by atoms with Gasteiger partial charge in [0.1, 0.15) is 0 Å². The molecule has 0 aromatic carbocycles. The van der Waals surface area contributed by atoms with Crippen molar-refractivity contribution in [3.8, 4) is 0 Å². The first-order valence-electron chi connectivity index (χ1n) is 4.69. The van der Waals surface area contributed by atoms with Crippen molar-refractivity contribution < 1.29 is 9.59 Å². The highest BCUT2D eigenvalue weighted by Crippen LogP contribution is 2.17. The van der Waals surface area contributed by atoms with E-state index in [1.165, 1.54) is 0 Å². The van der Waals surface area contributed by atoms with Gasteiger partial charge in [0, 0.05) is 12.6 Å². The van der Waals surface area contributed by atoms with Gasteiger partial charge in [-0.1, -0.05) is 0 Å². The summed E-state index contributed by atoms with van der Waals surface area (Å²) in [5, 5.41) is 2.31. The summed E-state index contributed by atoms with van der Waals surface area (Å²) in [4.78, 5) is 24.4. The number of piperazine rings is 1. The molecule has 1 fully saturated rings. The lowest BCUT2D eigenvalue weighted by Crippen LogP contribution is -2.65. The summed E-state index contributed by atoms with van der Waals surface area (Å²) in [5.74, 6) is -0.510. The van der Waals surface area contributed by atoms with Gasteiger partial charge in [-0.05, 0) is 20.8 Å². The summed E-state index contributed by atoms with van der Waals surface area (Å²) >= 11 is 0. The Balaban J connectivity index is 2.79. The smallest absolute Gasteiger partial charge is 0.246 e. The minimum atomic E-state index is -0.651. The maximum atomic E-state index is 11.5. The predicted octanol–water partition coefficient (Wildman–Crippen LogP) is -0.929. The van der Waals surface area contributed by atoms with Gasteiger partial charge in [-0.15, -0.1) is 0 Å². The molecule has 14 heavy (non-hydrogen) atoms. The first-order valence-corrected chi connectivity index (χ1v) is 4.69. The van der Waals surface area contributed by atoms with E-state index < -0.39 is 5.54 Å². The zero-order chi connectivity index (χ0) is 10.9. The molecule has 1 aliphatic heterocycles. The molecule has 1 unspecified atom stereocenters. The minimum Gasteiger partial charge on any atom is -0.327 e. The van der Waals surface area contributed by atoms with Crippen molar-refractivity contribution in [1.82, 2.24) is 10.2 Å².